The molecule has 2 saturated heterocycles. The third-order valence-electron chi connectivity index (χ3n) is 6.84. The Hall–Kier alpha value is -1.24. The van der Waals surface area contributed by atoms with Gasteiger partial charge in [-0.25, -0.2) is 4.39 Å². The van der Waals surface area contributed by atoms with E-state index in [0.29, 0.717) is 17.4 Å². The number of thioether (sulfide) groups is 2. The zero-order valence-corrected chi connectivity index (χ0v) is 21.9. The molecule has 0 unspecified atom stereocenters. The standard InChI is InChI=1S/C27H35FO3S2/c1-17-10-18(6-9-23(17)28)21-13-27(32-15-25(2,3)16-33-27)14-26(4,5)22(21)8-7-20-11-19(29)12-24(30)31-20/h6-10,19-20,29H,11-16H2,1-5H3/b8-7+/t19-,20-/m1/s1. The van der Waals surface area contributed by atoms with Gasteiger partial charge in [-0.2, -0.15) is 0 Å². The minimum Gasteiger partial charge on any atom is -0.458 e. The second-order valence-electron chi connectivity index (χ2n) is 11.2. The summed E-state index contributed by atoms with van der Waals surface area (Å²) in [7, 11) is 0. The summed E-state index contributed by atoms with van der Waals surface area (Å²) in [6.07, 6.45) is 5.39. The lowest BCUT2D eigenvalue weighted by molar-refractivity contribution is -0.156. The maximum absolute atomic E-state index is 14.1. The maximum atomic E-state index is 14.1. The summed E-state index contributed by atoms with van der Waals surface area (Å²) < 4.78 is 19.7. The van der Waals surface area contributed by atoms with Crippen LogP contribution in [-0.4, -0.2) is 38.9 Å². The van der Waals surface area contributed by atoms with E-state index in [1.807, 2.05) is 25.1 Å². The summed E-state index contributed by atoms with van der Waals surface area (Å²) in [6.45, 7) is 11.1. The molecule has 1 spiro atoms. The minimum atomic E-state index is -0.657. The molecule has 3 aliphatic rings. The Kier molecular flexibility index (Phi) is 6.85. The van der Waals surface area contributed by atoms with Gasteiger partial charge in [0.05, 0.1) is 16.6 Å². The van der Waals surface area contributed by atoms with E-state index in [0.717, 1.165) is 29.9 Å². The van der Waals surface area contributed by atoms with Crippen LogP contribution in [0.15, 0.2) is 35.9 Å². The number of esters is 1. The molecule has 1 aromatic rings. The van der Waals surface area contributed by atoms with Gasteiger partial charge in [0.25, 0.3) is 0 Å². The van der Waals surface area contributed by atoms with Crippen LogP contribution in [0.3, 0.4) is 0 Å². The van der Waals surface area contributed by atoms with Crippen LogP contribution in [-0.2, 0) is 9.53 Å². The number of rotatable bonds is 3. The average Bonchev–Trinajstić information content (AvgIpc) is 2.70. The van der Waals surface area contributed by atoms with Gasteiger partial charge in [-0.05, 0) is 71.1 Å². The third-order valence-corrected chi connectivity index (χ3v) is 11.0. The molecule has 2 aliphatic heterocycles. The van der Waals surface area contributed by atoms with Crippen molar-refractivity contribution in [2.45, 2.75) is 76.6 Å². The van der Waals surface area contributed by atoms with E-state index in [1.165, 1.54) is 11.1 Å². The van der Waals surface area contributed by atoms with Crippen LogP contribution in [0.2, 0.25) is 0 Å². The summed E-state index contributed by atoms with van der Waals surface area (Å²) >= 11 is 4.16. The van der Waals surface area contributed by atoms with Gasteiger partial charge in [0.1, 0.15) is 11.9 Å². The predicted octanol–water partition coefficient (Wildman–Crippen LogP) is 6.53. The molecular formula is C27H35FO3S2. The molecule has 3 nitrogen and oxygen atoms in total. The number of aryl methyl sites for hydroxylation is 1. The second-order valence-corrected chi connectivity index (χ2v) is 14.2. The normalized spacial score (nSPS) is 28.9. The van der Waals surface area contributed by atoms with Crippen molar-refractivity contribution in [3.8, 4) is 0 Å². The molecule has 1 aliphatic carbocycles. The maximum Gasteiger partial charge on any atom is 0.309 e. The molecule has 180 valence electrons. The molecular weight excluding hydrogens is 455 g/mol. The van der Waals surface area contributed by atoms with Crippen LogP contribution in [0.4, 0.5) is 4.39 Å². The monoisotopic (exact) mass is 490 g/mol. The summed E-state index contributed by atoms with van der Waals surface area (Å²) in [6, 6.07) is 5.42. The van der Waals surface area contributed by atoms with Crippen molar-refractivity contribution >= 4 is 35.1 Å². The lowest BCUT2D eigenvalue weighted by Crippen LogP contribution is -2.41. The van der Waals surface area contributed by atoms with E-state index in [-0.39, 0.29) is 27.7 Å². The fraction of sp³-hybridized carbons (Fsp3) is 0.593. The number of aliphatic hydroxyl groups is 1. The summed E-state index contributed by atoms with van der Waals surface area (Å²) in [4.78, 5) is 11.8. The summed E-state index contributed by atoms with van der Waals surface area (Å²) in [5.74, 6) is 1.72. The number of allylic oxidation sites excluding steroid dienone is 3. The van der Waals surface area contributed by atoms with Crippen LogP contribution in [0.5, 0.6) is 0 Å². The number of ether oxygens (including phenoxy) is 1. The van der Waals surface area contributed by atoms with Crippen molar-refractivity contribution in [3.63, 3.8) is 0 Å². The Labute approximate surface area is 205 Å². The number of cyclic esters (lactones) is 1. The van der Waals surface area contributed by atoms with Crippen molar-refractivity contribution < 1.29 is 19.0 Å². The van der Waals surface area contributed by atoms with Gasteiger partial charge < -0.3 is 9.84 Å². The van der Waals surface area contributed by atoms with Gasteiger partial charge in [0.2, 0.25) is 0 Å². The highest BCUT2D eigenvalue weighted by Crippen LogP contribution is 2.61. The number of carbonyl (C=O) groups is 1. The van der Waals surface area contributed by atoms with Gasteiger partial charge >= 0.3 is 5.97 Å². The summed E-state index contributed by atoms with van der Waals surface area (Å²) in [5.41, 5.74) is 4.38. The first-order valence-corrected chi connectivity index (χ1v) is 13.7. The minimum absolute atomic E-state index is 0.0615. The molecule has 4 rings (SSSR count). The topological polar surface area (TPSA) is 46.5 Å². The predicted molar refractivity (Wildman–Crippen MR) is 137 cm³/mol. The van der Waals surface area contributed by atoms with Crippen LogP contribution in [0.25, 0.3) is 5.57 Å². The van der Waals surface area contributed by atoms with Gasteiger partial charge in [-0.15, -0.1) is 23.5 Å². The third kappa shape index (κ3) is 5.54. The van der Waals surface area contributed by atoms with Crippen LogP contribution in [0.1, 0.15) is 64.5 Å². The van der Waals surface area contributed by atoms with Crippen molar-refractivity contribution in [1.29, 1.82) is 0 Å². The highest BCUT2D eigenvalue weighted by molar-refractivity contribution is 8.18. The average molecular weight is 491 g/mol. The fourth-order valence-corrected chi connectivity index (χ4v) is 8.84. The van der Waals surface area contributed by atoms with E-state index in [4.69, 9.17) is 4.74 Å². The highest BCUT2D eigenvalue weighted by atomic mass is 32.2. The first-order valence-electron chi connectivity index (χ1n) is 11.7. The quantitative estimate of drug-likeness (QED) is 0.488. The van der Waals surface area contributed by atoms with E-state index in [1.54, 1.807) is 6.07 Å². The molecule has 33 heavy (non-hydrogen) atoms. The molecule has 0 saturated carbocycles. The molecule has 0 bridgehead atoms. The fourth-order valence-electron chi connectivity index (χ4n) is 5.09. The smallest absolute Gasteiger partial charge is 0.309 e. The molecule has 0 aromatic heterocycles. The zero-order valence-electron chi connectivity index (χ0n) is 20.2. The van der Waals surface area contributed by atoms with Crippen molar-refractivity contribution in [2.24, 2.45) is 10.8 Å². The number of aliphatic hydroxyl groups excluding tert-OH is 1. The molecule has 0 radical (unpaired) electrons. The number of benzene rings is 1. The second kappa shape index (κ2) is 9.09. The highest BCUT2D eigenvalue weighted by Gasteiger charge is 2.48. The Morgan fingerprint density at radius 1 is 1.18 bits per heavy atom. The number of hydrogen-bond acceptors (Lipinski definition) is 5. The lowest BCUT2D eigenvalue weighted by Gasteiger charge is -2.50. The van der Waals surface area contributed by atoms with Gasteiger partial charge in [-0.1, -0.05) is 39.8 Å². The largest absolute Gasteiger partial charge is 0.458 e. The van der Waals surface area contributed by atoms with E-state index < -0.39 is 12.2 Å². The molecule has 6 heteroatoms. The van der Waals surface area contributed by atoms with Crippen molar-refractivity contribution in [3.05, 3.63) is 52.9 Å². The number of halogens is 1. The van der Waals surface area contributed by atoms with E-state index >= 15 is 0 Å². The lowest BCUT2D eigenvalue weighted by atomic mass is 9.70. The van der Waals surface area contributed by atoms with Crippen molar-refractivity contribution in [2.75, 3.05) is 11.5 Å². The first kappa shape index (κ1) is 24.9. The molecule has 2 heterocycles. The van der Waals surface area contributed by atoms with Crippen LogP contribution in [0, 0.1) is 23.6 Å². The zero-order chi connectivity index (χ0) is 24.0. The first-order chi connectivity index (χ1) is 15.4. The molecule has 0 amide bonds. The summed E-state index contributed by atoms with van der Waals surface area (Å²) in [5, 5.41) is 10.00. The van der Waals surface area contributed by atoms with Crippen LogP contribution >= 0.6 is 23.5 Å². The van der Waals surface area contributed by atoms with Crippen LogP contribution < -0.4 is 0 Å². The van der Waals surface area contributed by atoms with Gasteiger partial charge in [0.15, 0.2) is 0 Å². The SMILES string of the molecule is Cc1cc(C2=C(/C=C/[C@@H]3C[C@@H](O)CC(=O)O3)C(C)(C)CC3(C2)SCC(C)(C)CS3)ccc1F. The Balaban J connectivity index is 1.75. The molecule has 1 aromatic carbocycles. The molecule has 2 atom stereocenters. The van der Waals surface area contributed by atoms with Crippen molar-refractivity contribution in [1.82, 2.24) is 0 Å². The Morgan fingerprint density at radius 3 is 2.52 bits per heavy atom. The van der Waals surface area contributed by atoms with Gasteiger partial charge in [-0.3, -0.25) is 4.79 Å². The Morgan fingerprint density at radius 2 is 1.88 bits per heavy atom. The molecule has 2 fully saturated rings. The van der Waals surface area contributed by atoms with E-state index in [9.17, 15) is 14.3 Å². The van der Waals surface area contributed by atoms with E-state index in [2.05, 4.69) is 57.3 Å². The molecule has 1 N–H and O–H groups in total. The number of carbonyl (C=O) groups excluding carboxylic acids is 1. The Bertz CT molecular complexity index is 985. The van der Waals surface area contributed by atoms with Gasteiger partial charge in [0, 0.05) is 17.9 Å². The number of hydrogen-bond donors (Lipinski definition) is 1.